The number of carbonyl (C=O) groups excluding carboxylic acids is 2. The van der Waals surface area contributed by atoms with Gasteiger partial charge in [0.05, 0.1) is 13.2 Å². The molecule has 0 aromatic rings. The fourth-order valence-electron chi connectivity index (χ4n) is 3.27. The third-order valence-corrected chi connectivity index (χ3v) is 5.01. The molecule has 0 saturated heterocycles. The molecule has 0 aliphatic carbocycles. The standard InChI is InChI=1S/C24H46O5/c1-3-4-5-6-7-8-9-10-11-12-13-14-15-16-17-18-24(26)29-22-20-27-19-21-28-23(2)25/h3-22H2,1-2H3. The number of hydrogen-bond acceptors (Lipinski definition) is 5. The van der Waals surface area contributed by atoms with Gasteiger partial charge in [-0.15, -0.1) is 0 Å². The molecule has 0 radical (unpaired) electrons. The predicted molar refractivity (Wildman–Crippen MR) is 118 cm³/mol. The summed E-state index contributed by atoms with van der Waals surface area (Å²) in [5, 5.41) is 0. The van der Waals surface area contributed by atoms with Crippen LogP contribution in [-0.4, -0.2) is 38.4 Å². The molecule has 5 heteroatoms. The van der Waals surface area contributed by atoms with E-state index in [1.54, 1.807) is 0 Å². The van der Waals surface area contributed by atoms with Gasteiger partial charge in [-0.3, -0.25) is 9.59 Å². The topological polar surface area (TPSA) is 61.8 Å². The van der Waals surface area contributed by atoms with E-state index in [4.69, 9.17) is 14.2 Å². The van der Waals surface area contributed by atoms with Gasteiger partial charge in [0, 0.05) is 13.3 Å². The van der Waals surface area contributed by atoms with E-state index in [9.17, 15) is 9.59 Å². The number of rotatable bonds is 22. The Hall–Kier alpha value is -1.10. The van der Waals surface area contributed by atoms with Gasteiger partial charge >= 0.3 is 11.9 Å². The van der Waals surface area contributed by atoms with Crippen molar-refractivity contribution in [3.8, 4) is 0 Å². The fraction of sp³-hybridized carbons (Fsp3) is 0.917. The summed E-state index contributed by atoms with van der Waals surface area (Å²) in [5.74, 6) is -0.466. The maximum atomic E-state index is 11.6. The van der Waals surface area contributed by atoms with Crippen molar-refractivity contribution in [3.05, 3.63) is 0 Å². The van der Waals surface area contributed by atoms with Crippen LogP contribution < -0.4 is 0 Å². The first-order valence-corrected chi connectivity index (χ1v) is 12.0. The van der Waals surface area contributed by atoms with Gasteiger partial charge in [-0.05, 0) is 6.42 Å². The van der Waals surface area contributed by atoms with E-state index in [0.717, 1.165) is 12.8 Å². The van der Waals surface area contributed by atoms with Gasteiger partial charge in [0.1, 0.15) is 13.2 Å². The molecular weight excluding hydrogens is 368 g/mol. The lowest BCUT2D eigenvalue weighted by Crippen LogP contribution is -2.13. The van der Waals surface area contributed by atoms with Crippen LogP contribution in [0.25, 0.3) is 0 Å². The summed E-state index contributed by atoms with van der Waals surface area (Å²) in [6.45, 7) is 4.80. The lowest BCUT2D eigenvalue weighted by molar-refractivity contribution is -0.145. The molecule has 0 aromatic heterocycles. The van der Waals surface area contributed by atoms with Crippen molar-refractivity contribution >= 4 is 11.9 Å². The van der Waals surface area contributed by atoms with Gasteiger partial charge < -0.3 is 14.2 Å². The summed E-state index contributed by atoms with van der Waals surface area (Å²) in [5.41, 5.74) is 0. The second-order valence-corrected chi connectivity index (χ2v) is 7.87. The van der Waals surface area contributed by atoms with Crippen molar-refractivity contribution in [1.82, 2.24) is 0 Å². The highest BCUT2D eigenvalue weighted by molar-refractivity contribution is 5.69. The minimum Gasteiger partial charge on any atom is -0.463 e. The fourth-order valence-corrected chi connectivity index (χ4v) is 3.27. The zero-order valence-electron chi connectivity index (χ0n) is 19.2. The van der Waals surface area contributed by atoms with Crippen molar-refractivity contribution in [1.29, 1.82) is 0 Å². The molecule has 172 valence electrons. The third kappa shape index (κ3) is 24.9. The summed E-state index contributed by atoms with van der Waals surface area (Å²) >= 11 is 0. The largest absolute Gasteiger partial charge is 0.463 e. The summed E-state index contributed by atoms with van der Waals surface area (Å²) in [4.78, 5) is 22.2. The zero-order valence-corrected chi connectivity index (χ0v) is 19.2. The Morgan fingerprint density at radius 3 is 1.41 bits per heavy atom. The van der Waals surface area contributed by atoms with E-state index in [0.29, 0.717) is 19.6 Å². The molecule has 0 unspecified atom stereocenters. The summed E-state index contributed by atoms with van der Waals surface area (Å²) in [7, 11) is 0. The number of esters is 2. The van der Waals surface area contributed by atoms with Crippen LogP contribution in [0.1, 0.15) is 117 Å². The first kappa shape index (κ1) is 27.9. The lowest BCUT2D eigenvalue weighted by atomic mass is 10.0. The molecule has 0 atom stereocenters. The summed E-state index contributed by atoms with van der Waals surface area (Å²) < 4.78 is 15.1. The molecule has 0 N–H and O–H groups in total. The van der Waals surface area contributed by atoms with Crippen LogP contribution in [0.15, 0.2) is 0 Å². The monoisotopic (exact) mass is 414 g/mol. The highest BCUT2D eigenvalue weighted by Gasteiger charge is 2.02. The molecule has 0 saturated carbocycles. The van der Waals surface area contributed by atoms with Crippen LogP contribution in [0.2, 0.25) is 0 Å². The average molecular weight is 415 g/mol. The van der Waals surface area contributed by atoms with Gasteiger partial charge in [-0.1, -0.05) is 96.8 Å². The van der Waals surface area contributed by atoms with Gasteiger partial charge in [-0.2, -0.15) is 0 Å². The van der Waals surface area contributed by atoms with Gasteiger partial charge in [0.15, 0.2) is 0 Å². The first-order valence-electron chi connectivity index (χ1n) is 12.0. The number of unbranched alkanes of at least 4 members (excludes halogenated alkanes) is 14. The van der Waals surface area contributed by atoms with E-state index >= 15 is 0 Å². The number of carbonyl (C=O) groups is 2. The van der Waals surface area contributed by atoms with E-state index < -0.39 is 0 Å². The Labute approximate surface area is 179 Å². The quantitative estimate of drug-likeness (QED) is 0.152. The van der Waals surface area contributed by atoms with Crippen molar-refractivity contribution in [2.24, 2.45) is 0 Å². The van der Waals surface area contributed by atoms with E-state index in [2.05, 4.69) is 6.92 Å². The van der Waals surface area contributed by atoms with Crippen molar-refractivity contribution in [2.75, 3.05) is 26.4 Å². The van der Waals surface area contributed by atoms with Crippen molar-refractivity contribution < 1.29 is 23.8 Å². The molecule has 0 aromatic carbocycles. The maximum absolute atomic E-state index is 11.6. The Kier molecular flexibility index (Phi) is 22.3. The van der Waals surface area contributed by atoms with E-state index in [1.165, 1.54) is 90.4 Å². The summed E-state index contributed by atoms with van der Waals surface area (Å²) in [6.07, 6.45) is 20.3. The van der Waals surface area contributed by atoms with Crippen LogP contribution in [0, 0.1) is 0 Å². The third-order valence-electron chi connectivity index (χ3n) is 5.01. The molecule has 0 spiro atoms. The molecule has 0 heterocycles. The number of ether oxygens (including phenoxy) is 3. The molecule has 29 heavy (non-hydrogen) atoms. The Bertz CT molecular complexity index is 370. The number of hydrogen-bond donors (Lipinski definition) is 0. The van der Waals surface area contributed by atoms with E-state index in [1.807, 2.05) is 0 Å². The van der Waals surface area contributed by atoms with Gasteiger partial charge in [0.2, 0.25) is 0 Å². The zero-order chi connectivity index (χ0) is 21.4. The Morgan fingerprint density at radius 1 is 0.552 bits per heavy atom. The van der Waals surface area contributed by atoms with Crippen LogP contribution in [0.3, 0.4) is 0 Å². The van der Waals surface area contributed by atoms with Crippen LogP contribution in [0.5, 0.6) is 0 Å². The predicted octanol–water partition coefficient (Wildman–Crippen LogP) is 6.37. The second-order valence-electron chi connectivity index (χ2n) is 7.87. The van der Waals surface area contributed by atoms with Gasteiger partial charge in [-0.25, -0.2) is 0 Å². The molecule has 0 fully saturated rings. The Morgan fingerprint density at radius 2 is 0.966 bits per heavy atom. The van der Waals surface area contributed by atoms with E-state index in [-0.39, 0.29) is 25.2 Å². The minimum atomic E-state index is -0.316. The Balaban J connectivity index is 3.15. The highest BCUT2D eigenvalue weighted by Crippen LogP contribution is 2.13. The maximum Gasteiger partial charge on any atom is 0.305 e. The molecule has 5 nitrogen and oxygen atoms in total. The first-order chi connectivity index (χ1) is 14.2. The molecule has 0 amide bonds. The lowest BCUT2D eigenvalue weighted by Gasteiger charge is -2.06. The molecule has 0 bridgehead atoms. The minimum absolute atomic E-state index is 0.150. The molecule has 0 aliphatic rings. The normalized spacial score (nSPS) is 10.8. The second kappa shape index (κ2) is 23.2. The van der Waals surface area contributed by atoms with Crippen molar-refractivity contribution in [3.63, 3.8) is 0 Å². The van der Waals surface area contributed by atoms with Crippen molar-refractivity contribution in [2.45, 2.75) is 117 Å². The summed E-state index contributed by atoms with van der Waals surface area (Å²) in [6, 6.07) is 0. The SMILES string of the molecule is CCCCCCCCCCCCCCCCCC(=O)OCCOCCOC(C)=O. The smallest absolute Gasteiger partial charge is 0.305 e. The van der Waals surface area contributed by atoms with Crippen LogP contribution >= 0.6 is 0 Å². The van der Waals surface area contributed by atoms with Crippen LogP contribution in [-0.2, 0) is 23.8 Å². The van der Waals surface area contributed by atoms with Crippen LogP contribution in [0.4, 0.5) is 0 Å². The molecule has 0 rings (SSSR count). The average Bonchev–Trinajstić information content (AvgIpc) is 2.70. The molecular formula is C24H46O5. The molecule has 0 aliphatic heterocycles. The highest BCUT2D eigenvalue weighted by atomic mass is 16.6. The van der Waals surface area contributed by atoms with Gasteiger partial charge in [0.25, 0.3) is 0 Å².